The number of hydrogen-bond donors (Lipinski definition) is 0. The molecule has 1 aromatic carbocycles. The lowest BCUT2D eigenvalue weighted by Crippen LogP contribution is -2.23. The molecule has 3 heteroatoms. The molecule has 0 radical (unpaired) electrons. The topological polar surface area (TPSA) is 35.5 Å². The van der Waals surface area contributed by atoms with Crippen LogP contribution in [0.25, 0.3) is 0 Å². The molecule has 1 saturated heterocycles. The Morgan fingerprint density at radius 3 is 2.67 bits per heavy atom. The molecule has 1 aromatic rings. The second-order valence-corrected chi connectivity index (χ2v) is 3.82. The molecule has 2 atom stereocenters. The van der Waals surface area contributed by atoms with Crippen molar-refractivity contribution in [3.8, 4) is 0 Å². The number of carbonyl (C=O) groups excluding carboxylic acids is 1. The van der Waals surface area contributed by atoms with Crippen LogP contribution in [0.15, 0.2) is 30.3 Å². The minimum Gasteiger partial charge on any atom is -0.456 e. The molecule has 2 unspecified atom stereocenters. The quantitative estimate of drug-likeness (QED) is 0.693. The maximum absolute atomic E-state index is 11.7. The highest BCUT2D eigenvalue weighted by molar-refractivity contribution is 5.89. The maximum Gasteiger partial charge on any atom is 0.338 e. The van der Waals surface area contributed by atoms with E-state index < -0.39 is 0 Å². The molecule has 3 nitrogen and oxygen atoms in total. The summed E-state index contributed by atoms with van der Waals surface area (Å²) in [5.74, 6) is 0.0237. The molecule has 0 N–H and O–H groups in total. The molecule has 1 aliphatic rings. The summed E-state index contributed by atoms with van der Waals surface area (Å²) in [5, 5.41) is 0. The summed E-state index contributed by atoms with van der Waals surface area (Å²) in [6.45, 7) is 3.21. The number of hydrogen-bond acceptors (Lipinski definition) is 3. The fourth-order valence-electron chi connectivity index (χ4n) is 1.57. The Bertz CT molecular complexity index is 334. The number of ether oxygens (including phenoxy) is 2. The highest BCUT2D eigenvalue weighted by Crippen LogP contribution is 2.17. The second-order valence-electron chi connectivity index (χ2n) is 3.82. The first-order chi connectivity index (χ1) is 7.27. The van der Waals surface area contributed by atoms with Gasteiger partial charge in [-0.25, -0.2) is 4.79 Å². The summed E-state index contributed by atoms with van der Waals surface area (Å²) in [7, 11) is 0. The van der Waals surface area contributed by atoms with E-state index in [1.807, 2.05) is 25.1 Å². The number of benzene rings is 1. The molecule has 15 heavy (non-hydrogen) atoms. The molecular formula is C12H14O3. The summed E-state index contributed by atoms with van der Waals surface area (Å²) in [6.07, 6.45) is -0.0993. The van der Waals surface area contributed by atoms with Crippen LogP contribution >= 0.6 is 0 Å². The van der Waals surface area contributed by atoms with Gasteiger partial charge in [-0.1, -0.05) is 25.1 Å². The minimum absolute atomic E-state index is 0.0993. The van der Waals surface area contributed by atoms with Crippen LogP contribution in [-0.4, -0.2) is 25.3 Å². The van der Waals surface area contributed by atoms with Gasteiger partial charge in [0.25, 0.3) is 0 Å². The zero-order chi connectivity index (χ0) is 10.7. The van der Waals surface area contributed by atoms with E-state index in [0.717, 1.165) is 0 Å². The Morgan fingerprint density at radius 2 is 2.07 bits per heavy atom. The van der Waals surface area contributed by atoms with Gasteiger partial charge in [0.2, 0.25) is 0 Å². The predicted octanol–water partition coefficient (Wildman–Crippen LogP) is 1.88. The van der Waals surface area contributed by atoms with Gasteiger partial charge in [-0.3, -0.25) is 0 Å². The average Bonchev–Trinajstić information content (AvgIpc) is 2.66. The molecule has 0 spiro atoms. The third kappa shape index (κ3) is 2.36. The van der Waals surface area contributed by atoms with Crippen LogP contribution in [0.4, 0.5) is 0 Å². The van der Waals surface area contributed by atoms with Crippen LogP contribution in [0.5, 0.6) is 0 Å². The normalized spacial score (nSPS) is 25.1. The van der Waals surface area contributed by atoms with Gasteiger partial charge in [-0.2, -0.15) is 0 Å². The summed E-state index contributed by atoms with van der Waals surface area (Å²) in [4.78, 5) is 11.7. The van der Waals surface area contributed by atoms with E-state index in [2.05, 4.69) is 0 Å². The van der Waals surface area contributed by atoms with E-state index in [1.165, 1.54) is 0 Å². The highest BCUT2D eigenvalue weighted by Gasteiger charge is 2.27. The summed E-state index contributed by atoms with van der Waals surface area (Å²) in [6, 6.07) is 9.03. The van der Waals surface area contributed by atoms with E-state index in [9.17, 15) is 4.79 Å². The van der Waals surface area contributed by atoms with E-state index in [4.69, 9.17) is 9.47 Å². The van der Waals surface area contributed by atoms with Crippen LogP contribution in [0.1, 0.15) is 17.3 Å². The Balaban J connectivity index is 1.98. The van der Waals surface area contributed by atoms with Crippen molar-refractivity contribution in [2.45, 2.75) is 13.0 Å². The van der Waals surface area contributed by atoms with Gasteiger partial charge in [-0.05, 0) is 12.1 Å². The predicted molar refractivity (Wildman–Crippen MR) is 55.6 cm³/mol. The van der Waals surface area contributed by atoms with Crippen molar-refractivity contribution in [1.82, 2.24) is 0 Å². The fourth-order valence-corrected chi connectivity index (χ4v) is 1.57. The summed E-state index contributed by atoms with van der Waals surface area (Å²) in [5.41, 5.74) is 0.594. The van der Waals surface area contributed by atoms with E-state index in [-0.39, 0.29) is 18.0 Å². The zero-order valence-corrected chi connectivity index (χ0v) is 8.68. The number of rotatable bonds is 2. The van der Waals surface area contributed by atoms with Gasteiger partial charge in [-0.15, -0.1) is 0 Å². The molecule has 0 aromatic heterocycles. The molecular weight excluding hydrogens is 192 g/mol. The number of esters is 1. The molecule has 0 amide bonds. The lowest BCUT2D eigenvalue weighted by atomic mass is 10.1. The molecule has 1 heterocycles. The van der Waals surface area contributed by atoms with Crippen molar-refractivity contribution in [2.75, 3.05) is 13.2 Å². The van der Waals surface area contributed by atoms with Crippen molar-refractivity contribution >= 4 is 5.97 Å². The monoisotopic (exact) mass is 206 g/mol. The maximum atomic E-state index is 11.7. The largest absolute Gasteiger partial charge is 0.456 e. The number of carbonyl (C=O) groups is 1. The van der Waals surface area contributed by atoms with Gasteiger partial charge in [0.05, 0.1) is 18.8 Å². The van der Waals surface area contributed by atoms with Crippen molar-refractivity contribution in [2.24, 2.45) is 5.92 Å². The Hall–Kier alpha value is -1.35. The van der Waals surface area contributed by atoms with Gasteiger partial charge >= 0.3 is 5.97 Å². The van der Waals surface area contributed by atoms with Crippen LogP contribution in [0.3, 0.4) is 0 Å². The zero-order valence-electron chi connectivity index (χ0n) is 8.68. The van der Waals surface area contributed by atoms with Gasteiger partial charge in [0, 0.05) is 5.92 Å². The van der Waals surface area contributed by atoms with Crippen molar-refractivity contribution in [3.63, 3.8) is 0 Å². The fraction of sp³-hybridized carbons (Fsp3) is 0.417. The Labute approximate surface area is 89.0 Å². The van der Waals surface area contributed by atoms with Crippen molar-refractivity contribution < 1.29 is 14.3 Å². The lowest BCUT2D eigenvalue weighted by Gasteiger charge is -2.14. The third-order valence-electron chi connectivity index (χ3n) is 2.57. The second kappa shape index (κ2) is 4.45. The summed E-state index contributed by atoms with van der Waals surface area (Å²) < 4.78 is 10.6. The molecule has 1 fully saturated rings. The van der Waals surface area contributed by atoms with E-state index >= 15 is 0 Å². The molecule has 2 rings (SSSR count). The van der Waals surface area contributed by atoms with E-state index in [1.54, 1.807) is 12.1 Å². The average molecular weight is 206 g/mol. The van der Waals surface area contributed by atoms with Crippen LogP contribution < -0.4 is 0 Å². The third-order valence-corrected chi connectivity index (χ3v) is 2.57. The molecule has 80 valence electrons. The van der Waals surface area contributed by atoms with Crippen LogP contribution in [0, 0.1) is 5.92 Å². The highest BCUT2D eigenvalue weighted by atomic mass is 16.6. The standard InChI is InChI=1S/C12H14O3/c1-9-7-14-8-11(9)15-12(13)10-5-3-2-4-6-10/h2-6,9,11H,7-8H2,1H3. The van der Waals surface area contributed by atoms with Gasteiger partial charge in [0.15, 0.2) is 0 Å². The lowest BCUT2D eigenvalue weighted by molar-refractivity contribution is 0.0212. The Morgan fingerprint density at radius 1 is 1.33 bits per heavy atom. The van der Waals surface area contributed by atoms with Gasteiger partial charge in [0.1, 0.15) is 6.10 Å². The first-order valence-corrected chi connectivity index (χ1v) is 5.11. The molecule has 0 aliphatic carbocycles. The van der Waals surface area contributed by atoms with E-state index in [0.29, 0.717) is 18.8 Å². The van der Waals surface area contributed by atoms with Gasteiger partial charge < -0.3 is 9.47 Å². The Kier molecular flexibility index (Phi) is 3.02. The van der Waals surface area contributed by atoms with Crippen molar-refractivity contribution in [1.29, 1.82) is 0 Å². The first kappa shape index (κ1) is 10.2. The summed E-state index contributed by atoms with van der Waals surface area (Å²) >= 11 is 0. The first-order valence-electron chi connectivity index (χ1n) is 5.11. The molecule has 0 saturated carbocycles. The SMILES string of the molecule is CC1COCC1OC(=O)c1ccccc1. The molecule has 0 bridgehead atoms. The minimum atomic E-state index is -0.266. The van der Waals surface area contributed by atoms with Crippen LogP contribution in [0.2, 0.25) is 0 Å². The molecule has 1 aliphatic heterocycles. The van der Waals surface area contributed by atoms with Crippen LogP contribution in [-0.2, 0) is 9.47 Å². The van der Waals surface area contributed by atoms with Crippen molar-refractivity contribution in [3.05, 3.63) is 35.9 Å². The smallest absolute Gasteiger partial charge is 0.338 e.